The van der Waals surface area contributed by atoms with Crippen molar-refractivity contribution in [2.45, 2.75) is 57.6 Å². The lowest BCUT2D eigenvalue weighted by molar-refractivity contribution is -0.117. The number of rotatable bonds is 9. The number of hydrogen-bond acceptors (Lipinski definition) is 5. The van der Waals surface area contributed by atoms with E-state index in [-0.39, 0.29) is 18.1 Å². The van der Waals surface area contributed by atoms with Crippen LogP contribution in [0.5, 0.6) is 5.75 Å². The number of carbonyl (C=O) groups excluding carboxylic acids is 1. The Kier molecular flexibility index (Phi) is 11.5. The highest BCUT2D eigenvalue weighted by Crippen LogP contribution is 2.30. The molecule has 0 saturated carbocycles. The molecule has 5 nitrogen and oxygen atoms in total. The molecular weight excluding hydrogens is 420 g/mol. The average molecular weight is 454 g/mol. The number of carbonyl (C=O) groups is 1. The minimum atomic E-state index is -2.85. The van der Waals surface area contributed by atoms with Gasteiger partial charge < -0.3 is 15.4 Å². The van der Waals surface area contributed by atoms with E-state index in [1.807, 2.05) is 32.9 Å². The normalized spacial score (nSPS) is 10.9. The van der Waals surface area contributed by atoms with Gasteiger partial charge in [-0.1, -0.05) is 32.9 Å². The van der Waals surface area contributed by atoms with E-state index in [1.54, 1.807) is 12.1 Å². The molecule has 2 rings (SSSR count). The fourth-order valence-electron chi connectivity index (χ4n) is 3.16. The lowest BCUT2D eigenvalue weighted by Gasteiger charge is -2.18. The van der Waals surface area contributed by atoms with Gasteiger partial charge in [-0.05, 0) is 84.9 Å². The topological polar surface area (TPSA) is 81.6 Å². The molecule has 8 heteroatoms. The predicted octanol–water partition coefficient (Wildman–Crippen LogP) is 4.72. The van der Waals surface area contributed by atoms with E-state index in [4.69, 9.17) is 10.9 Å². The van der Waals surface area contributed by atoms with Gasteiger partial charge in [0.2, 0.25) is 5.91 Å². The fourth-order valence-corrected chi connectivity index (χ4v) is 3.45. The summed E-state index contributed by atoms with van der Waals surface area (Å²) in [7, 11) is 4.12. The van der Waals surface area contributed by atoms with Crippen molar-refractivity contribution in [2.24, 2.45) is 10.9 Å². The molecule has 0 fully saturated rings. The van der Waals surface area contributed by atoms with E-state index in [2.05, 4.69) is 35.9 Å². The van der Waals surface area contributed by atoms with Gasteiger partial charge in [0.25, 0.3) is 0 Å². The smallest absolute Gasteiger partial charge is 0.387 e. The molecule has 0 atom stereocenters. The van der Waals surface area contributed by atoms with Crippen LogP contribution < -0.4 is 15.6 Å². The summed E-state index contributed by atoms with van der Waals surface area (Å²) in [6, 6.07) is 11.4. The van der Waals surface area contributed by atoms with E-state index in [1.165, 1.54) is 17.5 Å². The molecular formula is C23H33F2N3O2S. The summed E-state index contributed by atoms with van der Waals surface area (Å²) in [5.74, 6) is -0.205. The molecule has 0 aromatic heterocycles. The molecule has 0 heterocycles. The molecule has 2 aromatic carbocycles. The van der Waals surface area contributed by atoms with Crippen LogP contribution >= 0.6 is 11.9 Å². The Morgan fingerprint density at radius 3 is 2.19 bits per heavy atom. The van der Waals surface area contributed by atoms with Gasteiger partial charge in [0.1, 0.15) is 5.75 Å². The molecule has 2 aromatic rings. The van der Waals surface area contributed by atoms with E-state index >= 15 is 0 Å². The lowest BCUT2D eigenvalue weighted by Crippen LogP contribution is -2.17. The van der Waals surface area contributed by atoms with E-state index in [9.17, 15) is 13.6 Å². The number of amides is 1. The van der Waals surface area contributed by atoms with Gasteiger partial charge >= 0.3 is 6.61 Å². The van der Waals surface area contributed by atoms with Crippen molar-refractivity contribution in [2.75, 3.05) is 14.1 Å². The number of halogens is 2. The first kappa shape index (κ1) is 26.9. The Morgan fingerprint density at radius 1 is 1.16 bits per heavy atom. The van der Waals surface area contributed by atoms with Crippen molar-refractivity contribution in [3.63, 3.8) is 0 Å². The van der Waals surface area contributed by atoms with Gasteiger partial charge in [0, 0.05) is 11.4 Å². The molecule has 0 radical (unpaired) electrons. The van der Waals surface area contributed by atoms with E-state index in [0.717, 1.165) is 28.1 Å². The maximum absolute atomic E-state index is 12.3. The van der Waals surface area contributed by atoms with Crippen molar-refractivity contribution < 1.29 is 18.3 Å². The second-order valence-electron chi connectivity index (χ2n) is 7.68. The second kappa shape index (κ2) is 13.3. The van der Waals surface area contributed by atoms with Gasteiger partial charge in [0.15, 0.2) is 0 Å². The minimum Gasteiger partial charge on any atom is -0.435 e. The summed E-state index contributed by atoms with van der Waals surface area (Å²) >= 11 is 1.28. The molecule has 31 heavy (non-hydrogen) atoms. The first-order chi connectivity index (χ1) is 14.6. The summed E-state index contributed by atoms with van der Waals surface area (Å²) in [4.78, 5) is 14.4. The third-order valence-electron chi connectivity index (χ3n) is 4.49. The standard InChI is InChI=1S/C14H19F2NO2.C9H14N2S/c1-4-9-5-10(19-14(15)16)6-11(8(2)3)12(9)7-13(17)18;1-11(2)7-8-3-5-9(12-10)6-4-8/h5-6,8,14H,4,7H2,1-3H3,(H2,17,18);3-6H,7,10H2,1-2H3. The van der Waals surface area contributed by atoms with Crippen LogP contribution in [0.25, 0.3) is 0 Å². The number of nitrogens with two attached hydrogens (primary N) is 2. The maximum Gasteiger partial charge on any atom is 0.387 e. The lowest BCUT2D eigenvalue weighted by atomic mass is 9.90. The molecule has 0 bridgehead atoms. The van der Waals surface area contributed by atoms with Crippen LogP contribution in [-0.4, -0.2) is 31.5 Å². The molecule has 0 aliphatic carbocycles. The molecule has 4 N–H and O–H groups in total. The predicted molar refractivity (Wildman–Crippen MR) is 123 cm³/mol. The van der Waals surface area contributed by atoms with Crippen molar-refractivity contribution in [1.82, 2.24) is 4.90 Å². The Balaban J connectivity index is 0.000000343. The van der Waals surface area contributed by atoms with Gasteiger partial charge in [-0.3, -0.25) is 9.93 Å². The quantitative estimate of drug-likeness (QED) is 0.537. The monoisotopic (exact) mass is 453 g/mol. The molecule has 0 unspecified atom stereocenters. The van der Waals surface area contributed by atoms with Crippen LogP contribution in [0.4, 0.5) is 8.78 Å². The minimum absolute atomic E-state index is 0.0980. The zero-order chi connectivity index (χ0) is 23.6. The third kappa shape index (κ3) is 9.67. The third-order valence-corrected chi connectivity index (χ3v) is 5.03. The fraction of sp³-hybridized carbons (Fsp3) is 0.435. The van der Waals surface area contributed by atoms with Crippen molar-refractivity contribution >= 4 is 17.9 Å². The summed E-state index contributed by atoms with van der Waals surface area (Å²) in [6.07, 6.45) is 0.744. The van der Waals surface area contributed by atoms with Gasteiger partial charge in [-0.2, -0.15) is 8.78 Å². The molecule has 0 aliphatic rings. The summed E-state index contributed by atoms with van der Waals surface area (Å²) in [5, 5.41) is 5.41. The van der Waals surface area contributed by atoms with Crippen LogP contribution in [0, 0.1) is 0 Å². The Labute approximate surface area is 188 Å². The maximum atomic E-state index is 12.3. The average Bonchev–Trinajstić information content (AvgIpc) is 2.68. The van der Waals surface area contributed by atoms with Crippen LogP contribution in [-0.2, 0) is 24.2 Å². The van der Waals surface area contributed by atoms with Gasteiger partial charge in [-0.15, -0.1) is 0 Å². The zero-order valence-electron chi connectivity index (χ0n) is 18.8. The van der Waals surface area contributed by atoms with Crippen LogP contribution in [0.2, 0.25) is 0 Å². The van der Waals surface area contributed by atoms with Crippen LogP contribution in [0.1, 0.15) is 48.9 Å². The molecule has 0 spiro atoms. The Hall–Kier alpha value is -2.16. The summed E-state index contributed by atoms with van der Waals surface area (Å²) in [6.45, 7) is 3.90. The largest absolute Gasteiger partial charge is 0.435 e. The second-order valence-corrected chi connectivity index (χ2v) is 8.39. The first-order valence-electron chi connectivity index (χ1n) is 10.1. The highest BCUT2D eigenvalue weighted by molar-refractivity contribution is 7.97. The molecule has 0 aliphatic heterocycles. The van der Waals surface area contributed by atoms with Crippen molar-refractivity contribution in [3.8, 4) is 5.75 Å². The first-order valence-corrected chi connectivity index (χ1v) is 10.9. The van der Waals surface area contributed by atoms with Gasteiger partial charge in [0.05, 0.1) is 6.42 Å². The Morgan fingerprint density at radius 2 is 1.77 bits per heavy atom. The SMILES string of the molecule is CCc1cc(OC(F)F)cc(C(C)C)c1CC(N)=O.CN(C)Cc1ccc(SN)cc1. The number of benzene rings is 2. The number of hydrogen-bond donors (Lipinski definition) is 2. The van der Waals surface area contributed by atoms with Crippen molar-refractivity contribution in [1.29, 1.82) is 0 Å². The number of ether oxygens (including phenoxy) is 1. The van der Waals surface area contributed by atoms with Crippen LogP contribution in [0.3, 0.4) is 0 Å². The van der Waals surface area contributed by atoms with E-state index in [0.29, 0.717) is 6.42 Å². The number of primary amides is 1. The molecule has 1 amide bonds. The van der Waals surface area contributed by atoms with E-state index < -0.39 is 12.5 Å². The number of alkyl halides is 2. The van der Waals surface area contributed by atoms with Crippen molar-refractivity contribution in [3.05, 3.63) is 58.7 Å². The summed E-state index contributed by atoms with van der Waals surface area (Å²) in [5.41, 5.74) is 9.04. The highest BCUT2D eigenvalue weighted by atomic mass is 32.2. The van der Waals surface area contributed by atoms with Crippen LogP contribution in [0.15, 0.2) is 41.3 Å². The summed E-state index contributed by atoms with van der Waals surface area (Å²) < 4.78 is 29.1. The molecule has 172 valence electrons. The highest BCUT2D eigenvalue weighted by Gasteiger charge is 2.16. The molecule has 0 saturated heterocycles. The van der Waals surface area contributed by atoms with Gasteiger partial charge in [-0.25, -0.2) is 0 Å². The number of nitrogens with zero attached hydrogens (tertiary/aromatic N) is 1. The zero-order valence-corrected chi connectivity index (χ0v) is 19.6. The Bertz CT molecular complexity index is 828. The number of aryl methyl sites for hydroxylation is 1.